The second kappa shape index (κ2) is 5.94. The van der Waals surface area contributed by atoms with Crippen molar-refractivity contribution in [2.45, 2.75) is 13.0 Å². The molecule has 0 spiro atoms. The largest absolute Gasteiger partial charge is 0.493 e. The summed E-state index contributed by atoms with van der Waals surface area (Å²) in [4.78, 5) is 2.35. The highest BCUT2D eigenvalue weighted by atomic mass is 79.9. The lowest BCUT2D eigenvalue weighted by atomic mass is 10.1. The minimum atomic E-state index is -0.158. The van der Waals surface area contributed by atoms with Gasteiger partial charge in [-0.3, -0.25) is 0 Å². The highest BCUT2D eigenvalue weighted by Crippen LogP contribution is 2.35. The fourth-order valence-corrected chi connectivity index (χ4v) is 3.44. The Balaban J connectivity index is 2.35. The van der Waals surface area contributed by atoms with Gasteiger partial charge >= 0.3 is 0 Å². The van der Waals surface area contributed by atoms with E-state index in [0.29, 0.717) is 11.5 Å². The molecular weight excluding hydrogens is 326 g/mol. The molecular formula is C14H16BrNO2S. The third kappa shape index (κ3) is 2.94. The number of hydrogen-bond donors (Lipinski definition) is 1. The molecule has 2 aromatic rings. The van der Waals surface area contributed by atoms with E-state index in [9.17, 15) is 0 Å². The second-order valence-electron chi connectivity index (χ2n) is 4.14. The zero-order valence-corrected chi connectivity index (χ0v) is 13.5. The summed E-state index contributed by atoms with van der Waals surface area (Å²) in [5, 5.41) is 0. The smallest absolute Gasteiger partial charge is 0.161 e. The molecule has 0 saturated heterocycles. The van der Waals surface area contributed by atoms with Gasteiger partial charge in [-0.25, -0.2) is 0 Å². The van der Waals surface area contributed by atoms with Gasteiger partial charge in [-0.1, -0.05) is 6.07 Å². The summed E-state index contributed by atoms with van der Waals surface area (Å²) in [6.45, 7) is 2.07. The number of rotatable bonds is 4. The maximum atomic E-state index is 6.31. The first-order valence-electron chi connectivity index (χ1n) is 5.80. The summed E-state index contributed by atoms with van der Waals surface area (Å²) >= 11 is 5.21. The van der Waals surface area contributed by atoms with Gasteiger partial charge in [-0.15, -0.1) is 11.3 Å². The molecule has 0 radical (unpaired) electrons. The lowest BCUT2D eigenvalue weighted by Gasteiger charge is -2.13. The van der Waals surface area contributed by atoms with E-state index in [2.05, 4.69) is 28.9 Å². The van der Waals surface area contributed by atoms with Gasteiger partial charge in [0.1, 0.15) is 0 Å². The maximum Gasteiger partial charge on any atom is 0.161 e. The predicted molar refractivity (Wildman–Crippen MR) is 82.3 cm³/mol. The van der Waals surface area contributed by atoms with Crippen molar-refractivity contribution in [2.24, 2.45) is 5.73 Å². The van der Waals surface area contributed by atoms with E-state index in [1.54, 1.807) is 25.6 Å². The van der Waals surface area contributed by atoms with Gasteiger partial charge in [-0.2, -0.15) is 0 Å². The Labute approximate surface area is 125 Å². The molecule has 3 nitrogen and oxygen atoms in total. The first-order valence-corrected chi connectivity index (χ1v) is 7.41. The molecule has 0 amide bonds. The van der Waals surface area contributed by atoms with Crippen molar-refractivity contribution in [2.75, 3.05) is 14.2 Å². The van der Waals surface area contributed by atoms with Crippen LogP contribution in [-0.4, -0.2) is 14.2 Å². The molecule has 0 bridgehead atoms. The number of aryl methyl sites for hydroxylation is 1. The zero-order valence-electron chi connectivity index (χ0n) is 11.1. The Hall–Kier alpha value is -1.04. The maximum absolute atomic E-state index is 6.31. The minimum Gasteiger partial charge on any atom is -0.493 e. The predicted octanol–water partition coefficient (Wildman–Crippen LogP) is 3.88. The molecule has 0 aliphatic heterocycles. The van der Waals surface area contributed by atoms with Crippen LogP contribution in [0.1, 0.15) is 21.4 Å². The molecule has 0 saturated carbocycles. The third-order valence-electron chi connectivity index (χ3n) is 2.95. The van der Waals surface area contributed by atoms with Gasteiger partial charge in [0.15, 0.2) is 11.5 Å². The molecule has 1 heterocycles. The van der Waals surface area contributed by atoms with E-state index in [-0.39, 0.29) is 6.04 Å². The molecule has 1 atom stereocenters. The van der Waals surface area contributed by atoms with Crippen LogP contribution in [0.3, 0.4) is 0 Å². The number of thiophene rings is 1. The number of hydrogen-bond acceptors (Lipinski definition) is 4. The monoisotopic (exact) mass is 341 g/mol. The number of nitrogens with two attached hydrogens (primary N) is 1. The van der Waals surface area contributed by atoms with Crippen LogP contribution in [0.2, 0.25) is 0 Å². The Morgan fingerprint density at radius 2 is 1.84 bits per heavy atom. The SMILES string of the molecule is COc1ccc(C(N)c2cc(Br)c(C)s2)cc1OC. The van der Waals surface area contributed by atoms with Crippen LogP contribution in [0.5, 0.6) is 11.5 Å². The van der Waals surface area contributed by atoms with E-state index in [1.807, 2.05) is 18.2 Å². The standard InChI is InChI=1S/C14H16BrNO2S/c1-8-10(15)7-13(19-8)14(16)9-4-5-11(17-2)12(6-9)18-3/h4-7,14H,16H2,1-3H3. The Morgan fingerprint density at radius 1 is 1.16 bits per heavy atom. The van der Waals surface area contributed by atoms with Crippen LogP contribution in [-0.2, 0) is 0 Å². The van der Waals surface area contributed by atoms with E-state index < -0.39 is 0 Å². The molecule has 2 N–H and O–H groups in total. The van der Waals surface area contributed by atoms with E-state index in [4.69, 9.17) is 15.2 Å². The van der Waals surface area contributed by atoms with E-state index in [1.165, 1.54) is 4.88 Å². The number of benzene rings is 1. The third-order valence-corrected chi connectivity index (χ3v) is 5.17. The Bertz CT molecular complexity index is 563. The normalized spacial score (nSPS) is 12.3. The van der Waals surface area contributed by atoms with Crippen LogP contribution in [0.25, 0.3) is 0 Å². The second-order valence-corrected chi connectivity index (χ2v) is 6.29. The average molecular weight is 342 g/mol. The van der Waals surface area contributed by atoms with Crippen molar-refractivity contribution in [3.63, 3.8) is 0 Å². The van der Waals surface area contributed by atoms with Crippen molar-refractivity contribution < 1.29 is 9.47 Å². The molecule has 1 unspecified atom stereocenters. The summed E-state index contributed by atoms with van der Waals surface area (Å²) in [7, 11) is 3.25. The molecule has 102 valence electrons. The molecule has 2 rings (SSSR count). The quantitative estimate of drug-likeness (QED) is 0.917. The summed E-state index contributed by atoms with van der Waals surface area (Å²) in [5.41, 5.74) is 7.31. The molecule has 1 aromatic carbocycles. The first-order chi connectivity index (χ1) is 9.06. The Kier molecular flexibility index (Phi) is 4.50. The highest BCUT2D eigenvalue weighted by molar-refractivity contribution is 9.10. The highest BCUT2D eigenvalue weighted by Gasteiger charge is 2.15. The van der Waals surface area contributed by atoms with Crippen molar-refractivity contribution in [1.29, 1.82) is 0 Å². The van der Waals surface area contributed by atoms with E-state index >= 15 is 0 Å². The lowest BCUT2D eigenvalue weighted by Crippen LogP contribution is -2.10. The fraction of sp³-hybridized carbons (Fsp3) is 0.286. The van der Waals surface area contributed by atoms with Gasteiger partial charge < -0.3 is 15.2 Å². The Morgan fingerprint density at radius 3 is 2.37 bits per heavy atom. The molecule has 0 aliphatic rings. The molecule has 0 aliphatic carbocycles. The van der Waals surface area contributed by atoms with Gasteiger partial charge in [0.25, 0.3) is 0 Å². The lowest BCUT2D eigenvalue weighted by molar-refractivity contribution is 0.354. The molecule has 19 heavy (non-hydrogen) atoms. The van der Waals surface area contributed by atoms with Crippen LogP contribution < -0.4 is 15.2 Å². The summed E-state index contributed by atoms with van der Waals surface area (Å²) < 4.78 is 11.6. The van der Waals surface area contributed by atoms with Crippen molar-refractivity contribution >= 4 is 27.3 Å². The summed E-state index contributed by atoms with van der Waals surface area (Å²) in [5.74, 6) is 1.41. The van der Waals surface area contributed by atoms with Crippen molar-refractivity contribution in [1.82, 2.24) is 0 Å². The number of methoxy groups -OCH3 is 2. The van der Waals surface area contributed by atoms with Gasteiger partial charge in [0, 0.05) is 14.2 Å². The topological polar surface area (TPSA) is 44.5 Å². The summed E-state index contributed by atoms with van der Waals surface area (Å²) in [6, 6.07) is 7.68. The molecule has 1 aromatic heterocycles. The minimum absolute atomic E-state index is 0.158. The van der Waals surface area contributed by atoms with Crippen molar-refractivity contribution in [3.8, 4) is 11.5 Å². The average Bonchev–Trinajstić information content (AvgIpc) is 2.77. The summed E-state index contributed by atoms with van der Waals surface area (Å²) in [6.07, 6.45) is 0. The zero-order chi connectivity index (χ0) is 14.0. The number of ether oxygens (including phenoxy) is 2. The van der Waals surface area contributed by atoms with Gasteiger partial charge in [0.05, 0.1) is 20.3 Å². The van der Waals surface area contributed by atoms with Crippen LogP contribution in [0, 0.1) is 6.92 Å². The van der Waals surface area contributed by atoms with E-state index in [0.717, 1.165) is 14.9 Å². The fourth-order valence-electron chi connectivity index (χ4n) is 1.85. The van der Waals surface area contributed by atoms with Crippen molar-refractivity contribution in [3.05, 3.63) is 44.1 Å². The molecule has 0 fully saturated rings. The molecule has 5 heteroatoms. The van der Waals surface area contributed by atoms with Crippen LogP contribution in [0.4, 0.5) is 0 Å². The van der Waals surface area contributed by atoms with Gasteiger partial charge in [0.2, 0.25) is 0 Å². The number of halogens is 1. The van der Waals surface area contributed by atoms with Gasteiger partial charge in [-0.05, 0) is 46.6 Å². The van der Waals surface area contributed by atoms with Crippen LogP contribution in [0.15, 0.2) is 28.7 Å². The van der Waals surface area contributed by atoms with Crippen LogP contribution >= 0.6 is 27.3 Å². The first kappa shape index (κ1) is 14.4.